The van der Waals surface area contributed by atoms with Gasteiger partial charge in [0.1, 0.15) is 11.9 Å². The van der Waals surface area contributed by atoms with Gasteiger partial charge in [0.25, 0.3) is 0 Å². The molecule has 1 N–H and O–H groups in total. The predicted octanol–water partition coefficient (Wildman–Crippen LogP) is 4.92. The fourth-order valence-electron chi connectivity index (χ4n) is 1.65. The lowest BCUT2D eigenvalue weighted by Crippen LogP contribution is -2.10. The van der Waals surface area contributed by atoms with Crippen LogP contribution in [0.25, 0.3) is 0 Å². The van der Waals surface area contributed by atoms with Crippen LogP contribution in [0.2, 0.25) is 5.02 Å². The number of nitriles is 1. The molecule has 2 nitrogen and oxygen atoms in total. The SMILES string of the molecule is N#CC(Nc1ccccc1F)c1cc(Br)ccc1Cl. The van der Waals surface area contributed by atoms with E-state index < -0.39 is 11.9 Å². The smallest absolute Gasteiger partial charge is 0.146 e. The van der Waals surface area contributed by atoms with Crippen LogP contribution in [-0.2, 0) is 0 Å². The molecule has 2 aromatic carbocycles. The molecule has 0 aliphatic rings. The molecular weight excluding hydrogens is 331 g/mol. The van der Waals surface area contributed by atoms with Crippen molar-refractivity contribution in [2.45, 2.75) is 6.04 Å². The van der Waals surface area contributed by atoms with Gasteiger partial charge in [-0.25, -0.2) is 4.39 Å². The van der Waals surface area contributed by atoms with Crippen molar-refractivity contribution in [3.8, 4) is 6.07 Å². The van der Waals surface area contributed by atoms with Crippen LogP contribution in [-0.4, -0.2) is 0 Å². The van der Waals surface area contributed by atoms with Crippen LogP contribution in [0.1, 0.15) is 11.6 Å². The average molecular weight is 340 g/mol. The van der Waals surface area contributed by atoms with E-state index in [1.54, 1.807) is 36.4 Å². The van der Waals surface area contributed by atoms with Gasteiger partial charge < -0.3 is 5.32 Å². The zero-order valence-electron chi connectivity index (χ0n) is 9.70. The number of halogens is 3. The minimum atomic E-state index is -0.720. The van der Waals surface area contributed by atoms with Crippen molar-refractivity contribution < 1.29 is 4.39 Å². The van der Waals surface area contributed by atoms with E-state index in [4.69, 9.17) is 11.6 Å². The van der Waals surface area contributed by atoms with E-state index in [0.717, 1.165) is 4.47 Å². The molecule has 0 fully saturated rings. The minimum Gasteiger partial charge on any atom is -0.364 e. The summed E-state index contributed by atoms with van der Waals surface area (Å²) in [6.45, 7) is 0. The minimum absolute atomic E-state index is 0.269. The van der Waals surface area contributed by atoms with Gasteiger partial charge in [0.05, 0.1) is 11.8 Å². The number of hydrogen-bond acceptors (Lipinski definition) is 2. The molecule has 1 atom stereocenters. The molecule has 96 valence electrons. The van der Waals surface area contributed by atoms with E-state index in [2.05, 4.69) is 27.3 Å². The summed E-state index contributed by atoms with van der Waals surface area (Å²) in [6, 6.07) is 12.8. The molecule has 1 unspecified atom stereocenters. The summed E-state index contributed by atoms with van der Waals surface area (Å²) in [5, 5.41) is 12.5. The highest BCUT2D eigenvalue weighted by Gasteiger charge is 2.15. The molecule has 0 aliphatic heterocycles. The summed E-state index contributed by atoms with van der Waals surface area (Å²) < 4.78 is 14.4. The van der Waals surface area contributed by atoms with Gasteiger partial charge in [0, 0.05) is 15.1 Å². The molecule has 2 rings (SSSR count). The Morgan fingerprint density at radius 2 is 2.00 bits per heavy atom. The van der Waals surface area contributed by atoms with Crippen LogP contribution in [0.5, 0.6) is 0 Å². The Labute approximate surface area is 123 Å². The first-order valence-corrected chi connectivity index (χ1v) is 6.64. The Hall–Kier alpha value is -1.57. The maximum Gasteiger partial charge on any atom is 0.146 e. The van der Waals surface area contributed by atoms with Gasteiger partial charge in [-0.05, 0) is 30.3 Å². The fraction of sp³-hybridized carbons (Fsp3) is 0.0714. The number of para-hydroxylation sites is 1. The summed E-state index contributed by atoms with van der Waals surface area (Å²) in [4.78, 5) is 0. The van der Waals surface area contributed by atoms with Crippen molar-refractivity contribution >= 4 is 33.2 Å². The Morgan fingerprint density at radius 3 is 2.68 bits per heavy atom. The number of rotatable bonds is 3. The van der Waals surface area contributed by atoms with Gasteiger partial charge in [-0.1, -0.05) is 39.7 Å². The van der Waals surface area contributed by atoms with E-state index in [9.17, 15) is 9.65 Å². The third-order valence-electron chi connectivity index (χ3n) is 2.57. The summed E-state index contributed by atoms with van der Waals surface area (Å²) in [6.07, 6.45) is 0. The third kappa shape index (κ3) is 3.25. The lowest BCUT2D eigenvalue weighted by Gasteiger charge is -2.15. The van der Waals surface area contributed by atoms with Gasteiger partial charge in [-0.2, -0.15) is 5.26 Å². The zero-order valence-corrected chi connectivity index (χ0v) is 12.0. The lowest BCUT2D eigenvalue weighted by atomic mass is 10.1. The molecule has 0 saturated carbocycles. The van der Waals surface area contributed by atoms with E-state index in [1.165, 1.54) is 6.07 Å². The molecule has 19 heavy (non-hydrogen) atoms. The van der Waals surface area contributed by atoms with Crippen LogP contribution in [0.15, 0.2) is 46.9 Å². The number of anilines is 1. The summed E-state index contributed by atoms with van der Waals surface area (Å²) in [7, 11) is 0. The van der Waals surface area contributed by atoms with Crippen molar-refractivity contribution in [3.05, 3.63) is 63.3 Å². The van der Waals surface area contributed by atoms with E-state index in [0.29, 0.717) is 10.6 Å². The average Bonchev–Trinajstić information content (AvgIpc) is 2.41. The molecular formula is C14H9BrClFN2. The van der Waals surface area contributed by atoms with E-state index in [1.807, 2.05) is 0 Å². The second kappa shape index (κ2) is 6.05. The van der Waals surface area contributed by atoms with Crippen molar-refractivity contribution in [1.29, 1.82) is 5.26 Å². The zero-order chi connectivity index (χ0) is 13.8. The van der Waals surface area contributed by atoms with Crippen LogP contribution >= 0.6 is 27.5 Å². The van der Waals surface area contributed by atoms with E-state index >= 15 is 0 Å². The Kier molecular flexibility index (Phi) is 4.41. The van der Waals surface area contributed by atoms with Gasteiger partial charge in [0.15, 0.2) is 0 Å². The highest BCUT2D eigenvalue weighted by molar-refractivity contribution is 9.10. The summed E-state index contributed by atoms with van der Waals surface area (Å²) in [5.41, 5.74) is 0.867. The van der Waals surface area contributed by atoms with E-state index in [-0.39, 0.29) is 5.69 Å². The third-order valence-corrected chi connectivity index (χ3v) is 3.41. The van der Waals surface area contributed by atoms with Crippen LogP contribution in [0.3, 0.4) is 0 Å². The standard InChI is InChI=1S/C14H9BrClFN2/c15-9-5-6-11(16)10(7-9)14(8-18)19-13-4-2-1-3-12(13)17/h1-7,14,19H. The van der Waals surface area contributed by atoms with Gasteiger partial charge in [-0.3, -0.25) is 0 Å². The van der Waals surface area contributed by atoms with Gasteiger partial charge in [-0.15, -0.1) is 0 Å². The molecule has 0 bridgehead atoms. The van der Waals surface area contributed by atoms with Crippen molar-refractivity contribution in [2.75, 3.05) is 5.32 Å². The number of nitrogens with one attached hydrogen (secondary N) is 1. The van der Waals surface area contributed by atoms with Gasteiger partial charge >= 0.3 is 0 Å². The predicted molar refractivity (Wildman–Crippen MR) is 77.5 cm³/mol. The van der Waals surface area contributed by atoms with Crippen LogP contribution < -0.4 is 5.32 Å². The molecule has 2 aromatic rings. The molecule has 0 radical (unpaired) electrons. The lowest BCUT2D eigenvalue weighted by molar-refractivity contribution is 0.629. The van der Waals surface area contributed by atoms with Crippen molar-refractivity contribution in [3.63, 3.8) is 0 Å². The normalized spacial score (nSPS) is 11.7. The first-order valence-electron chi connectivity index (χ1n) is 5.47. The largest absolute Gasteiger partial charge is 0.364 e. The van der Waals surface area contributed by atoms with Crippen molar-refractivity contribution in [1.82, 2.24) is 0 Å². The van der Waals surface area contributed by atoms with Crippen LogP contribution in [0, 0.1) is 17.1 Å². The first-order chi connectivity index (χ1) is 9.11. The molecule has 0 heterocycles. The Balaban J connectivity index is 2.34. The van der Waals surface area contributed by atoms with Crippen LogP contribution in [0.4, 0.5) is 10.1 Å². The molecule has 0 spiro atoms. The number of nitrogens with zero attached hydrogens (tertiary/aromatic N) is 1. The topological polar surface area (TPSA) is 35.8 Å². The summed E-state index contributed by atoms with van der Waals surface area (Å²) >= 11 is 9.39. The summed E-state index contributed by atoms with van der Waals surface area (Å²) in [5.74, 6) is -0.408. The first kappa shape index (κ1) is 13.9. The number of benzene rings is 2. The maximum atomic E-state index is 13.6. The highest BCUT2D eigenvalue weighted by Crippen LogP contribution is 2.29. The monoisotopic (exact) mass is 338 g/mol. The Bertz CT molecular complexity index is 640. The maximum absolute atomic E-state index is 13.6. The Morgan fingerprint density at radius 1 is 1.26 bits per heavy atom. The molecule has 0 saturated heterocycles. The fourth-order valence-corrected chi connectivity index (χ4v) is 2.25. The highest BCUT2D eigenvalue weighted by atomic mass is 79.9. The van der Waals surface area contributed by atoms with Gasteiger partial charge in [0.2, 0.25) is 0 Å². The van der Waals surface area contributed by atoms with Crippen molar-refractivity contribution in [2.24, 2.45) is 0 Å². The molecule has 0 aromatic heterocycles. The second-order valence-corrected chi connectivity index (χ2v) is 5.18. The molecule has 0 amide bonds. The molecule has 5 heteroatoms. The molecule has 0 aliphatic carbocycles. The second-order valence-electron chi connectivity index (χ2n) is 3.85. The quantitative estimate of drug-likeness (QED) is 0.861. The number of hydrogen-bond donors (Lipinski definition) is 1.